The number of amides is 1. The van der Waals surface area contributed by atoms with E-state index >= 15 is 0 Å². The van der Waals surface area contributed by atoms with E-state index in [9.17, 15) is 4.79 Å². The highest BCUT2D eigenvalue weighted by molar-refractivity contribution is 6.31. The quantitative estimate of drug-likeness (QED) is 0.826. The van der Waals surface area contributed by atoms with Gasteiger partial charge in [-0.25, -0.2) is 0 Å². The van der Waals surface area contributed by atoms with Crippen molar-refractivity contribution in [1.82, 2.24) is 5.32 Å². The molecule has 120 valence electrons. The number of benzene rings is 2. The Morgan fingerprint density at radius 2 is 1.87 bits per heavy atom. The maximum Gasteiger partial charge on any atom is 0.223 e. The molecule has 2 aromatic rings. The maximum absolute atomic E-state index is 12.4. The van der Waals surface area contributed by atoms with Crippen LogP contribution < -0.4 is 5.32 Å². The Labute approximate surface area is 142 Å². The fourth-order valence-electron chi connectivity index (χ4n) is 3.05. The standard InChI is InChI=1S/C20H22ClNO/c1-14(11-12-15-7-3-2-4-8-15)22-20(23)18-13-17(18)16-9-5-6-10-19(16)21/h2-10,14,17-18H,11-13H2,1H3,(H,22,23). The van der Waals surface area contributed by atoms with Crippen molar-refractivity contribution in [2.45, 2.75) is 38.1 Å². The van der Waals surface area contributed by atoms with E-state index < -0.39 is 0 Å². The van der Waals surface area contributed by atoms with Gasteiger partial charge in [0.2, 0.25) is 5.91 Å². The first-order valence-corrected chi connectivity index (χ1v) is 8.61. The van der Waals surface area contributed by atoms with E-state index in [2.05, 4.69) is 36.5 Å². The highest BCUT2D eigenvalue weighted by atomic mass is 35.5. The second kappa shape index (κ2) is 7.18. The number of nitrogens with one attached hydrogen (secondary N) is 1. The van der Waals surface area contributed by atoms with Gasteiger partial charge in [-0.05, 0) is 49.3 Å². The summed E-state index contributed by atoms with van der Waals surface area (Å²) in [5.41, 5.74) is 2.42. The summed E-state index contributed by atoms with van der Waals surface area (Å²) in [5.74, 6) is 0.523. The summed E-state index contributed by atoms with van der Waals surface area (Å²) in [6, 6.07) is 18.4. The number of rotatable bonds is 6. The van der Waals surface area contributed by atoms with Gasteiger partial charge in [-0.15, -0.1) is 0 Å². The number of hydrogen-bond acceptors (Lipinski definition) is 1. The fraction of sp³-hybridized carbons (Fsp3) is 0.350. The van der Waals surface area contributed by atoms with E-state index in [0.717, 1.165) is 29.8 Å². The minimum Gasteiger partial charge on any atom is -0.353 e. The van der Waals surface area contributed by atoms with Gasteiger partial charge in [0.25, 0.3) is 0 Å². The van der Waals surface area contributed by atoms with Crippen molar-refractivity contribution in [1.29, 1.82) is 0 Å². The van der Waals surface area contributed by atoms with Gasteiger partial charge in [-0.1, -0.05) is 60.1 Å². The summed E-state index contributed by atoms with van der Waals surface area (Å²) in [7, 11) is 0. The SMILES string of the molecule is CC(CCc1ccccc1)NC(=O)C1CC1c1ccccc1Cl. The molecule has 0 heterocycles. The van der Waals surface area contributed by atoms with Crippen LogP contribution in [0, 0.1) is 5.92 Å². The molecule has 1 saturated carbocycles. The third-order valence-corrected chi connectivity index (χ3v) is 4.87. The van der Waals surface area contributed by atoms with Gasteiger partial charge in [-0.3, -0.25) is 4.79 Å². The molecule has 1 fully saturated rings. The summed E-state index contributed by atoms with van der Waals surface area (Å²) < 4.78 is 0. The molecule has 0 aliphatic heterocycles. The number of halogens is 1. The first kappa shape index (κ1) is 16.1. The topological polar surface area (TPSA) is 29.1 Å². The lowest BCUT2D eigenvalue weighted by atomic mass is 10.1. The van der Waals surface area contributed by atoms with Crippen LogP contribution in [0.1, 0.15) is 36.8 Å². The van der Waals surface area contributed by atoms with Crippen molar-refractivity contribution in [2.75, 3.05) is 0 Å². The van der Waals surface area contributed by atoms with Crippen LogP contribution in [-0.2, 0) is 11.2 Å². The van der Waals surface area contributed by atoms with Gasteiger partial charge in [0.1, 0.15) is 0 Å². The van der Waals surface area contributed by atoms with Crippen molar-refractivity contribution in [3.63, 3.8) is 0 Å². The predicted molar refractivity (Wildman–Crippen MR) is 94.7 cm³/mol. The molecule has 1 amide bonds. The third-order valence-electron chi connectivity index (χ3n) is 4.53. The number of hydrogen-bond donors (Lipinski definition) is 1. The van der Waals surface area contributed by atoms with E-state index in [1.807, 2.05) is 30.3 Å². The summed E-state index contributed by atoms with van der Waals surface area (Å²) in [6.45, 7) is 2.08. The Morgan fingerprint density at radius 1 is 1.17 bits per heavy atom. The molecular weight excluding hydrogens is 306 g/mol. The monoisotopic (exact) mass is 327 g/mol. The minimum atomic E-state index is 0.0778. The smallest absolute Gasteiger partial charge is 0.223 e. The van der Waals surface area contributed by atoms with E-state index in [1.54, 1.807) is 0 Å². The Bertz CT molecular complexity index is 670. The van der Waals surface area contributed by atoms with Crippen LogP contribution in [-0.4, -0.2) is 11.9 Å². The van der Waals surface area contributed by atoms with Crippen LogP contribution in [0.5, 0.6) is 0 Å². The van der Waals surface area contributed by atoms with Gasteiger partial charge < -0.3 is 5.32 Å². The Hall–Kier alpha value is -1.80. The van der Waals surface area contributed by atoms with Gasteiger partial charge >= 0.3 is 0 Å². The number of aryl methyl sites for hydroxylation is 1. The molecule has 0 aromatic heterocycles. The first-order valence-electron chi connectivity index (χ1n) is 8.24. The van der Waals surface area contributed by atoms with E-state index in [4.69, 9.17) is 11.6 Å². The third kappa shape index (κ3) is 4.14. The van der Waals surface area contributed by atoms with Gasteiger partial charge in [0.05, 0.1) is 0 Å². The molecule has 3 rings (SSSR count). The van der Waals surface area contributed by atoms with Gasteiger partial charge in [0.15, 0.2) is 0 Å². The maximum atomic E-state index is 12.4. The number of carbonyl (C=O) groups excluding carboxylic acids is 1. The highest BCUT2D eigenvalue weighted by Gasteiger charge is 2.44. The predicted octanol–water partition coefficient (Wildman–Crippen LogP) is 4.58. The van der Waals surface area contributed by atoms with Crippen LogP contribution in [0.2, 0.25) is 5.02 Å². The van der Waals surface area contributed by atoms with Crippen LogP contribution in [0.15, 0.2) is 54.6 Å². The van der Waals surface area contributed by atoms with E-state index in [1.165, 1.54) is 5.56 Å². The number of carbonyl (C=O) groups is 1. The molecule has 2 nitrogen and oxygen atoms in total. The largest absolute Gasteiger partial charge is 0.353 e. The summed E-state index contributed by atoms with van der Waals surface area (Å²) in [6.07, 6.45) is 2.85. The molecule has 1 aliphatic carbocycles. The van der Waals surface area contributed by atoms with Crippen LogP contribution >= 0.6 is 11.6 Å². The first-order chi connectivity index (χ1) is 11.1. The Morgan fingerprint density at radius 3 is 2.61 bits per heavy atom. The Balaban J connectivity index is 1.48. The molecule has 3 atom stereocenters. The lowest BCUT2D eigenvalue weighted by Gasteiger charge is -2.14. The molecule has 23 heavy (non-hydrogen) atoms. The zero-order chi connectivity index (χ0) is 16.2. The Kier molecular flexibility index (Phi) is 5.02. The molecule has 3 heteroatoms. The molecule has 3 unspecified atom stereocenters. The van der Waals surface area contributed by atoms with Gasteiger partial charge in [0, 0.05) is 17.0 Å². The normalized spacial score (nSPS) is 20.8. The van der Waals surface area contributed by atoms with Crippen LogP contribution in [0.4, 0.5) is 0 Å². The van der Waals surface area contributed by atoms with Crippen molar-refractivity contribution in [3.05, 3.63) is 70.7 Å². The summed E-state index contributed by atoms with van der Waals surface area (Å²) in [5, 5.41) is 3.92. The fourth-order valence-corrected chi connectivity index (χ4v) is 3.33. The second-order valence-electron chi connectivity index (χ2n) is 6.40. The van der Waals surface area contributed by atoms with Crippen LogP contribution in [0.25, 0.3) is 0 Å². The second-order valence-corrected chi connectivity index (χ2v) is 6.81. The molecule has 1 N–H and O–H groups in total. The molecule has 2 aromatic carbocycles. The van der Waals surface area contributed by atoms with Crippen molar-refractivity contribution in [3.8, 4) is 0 Å². The molecule has 0 bridgehead atoms. The zero-order valence-corrected chi connectivity index (χ0v) is 14.1. The molecular formula is C20H22ClNO. The summed E-state index contributed by atoms with van der Waals surface area (Å²) in [4.78, 5) is 12.4. The van der Waals surface area contributed by atoms with Crippen molar-refractivity contribution >= 4 is 17.5 Å². The van der Waals surface area contributed by atoms with Gasteiger partial charge in [-0.2, -0.15) is 0 Å². The molecule has 0 radical (unpaired) electrons. The zero-order valence-electron chi connectivity index (χ0n) is 13.3. The van der Waals surface area contributed by atoms with Crippen molar-refractivity contribution < 1.29 is 4.79 Å². The average molecular weight is 328 g/mol. The van der Waals surface area contributed by atoms with Crippen molar-refractivity contribution in [2.24, 2.45) is 5.92 Å². The molecule has 0 spiro atoms. The van der Waals surface area contributed by atoms with E-state index in [0.29, 0.717) is 0 Å². The minimum absolute atomic E-state index is 0.0778. The van der Waals surface area contributed by atoms with Crippen LogP contribution in [0.3, 0.4) is 0 Å². The molecule has 1 aliphatic rings. The highest BCUT2D eigenvalue weighted by Crippen LogP contribution is 2.49. The molecule has 0 saturated heterocycles. The van der Waals surface area contributed by atoms with E-state index in [-0.39, 0.29) is 23.8 Å². The summed E-state index contributed by atoms with van der Waals surface area (Å²) >= 11 is 6.22. The average Bonchev–Trinajstić information content (AvgIpc) is 3.35. The lowest BCUT2D eigenvalue weighted by molar-refractivity contribution is -0.123. The lowest BCUT2D eigenvalue weighted by Crippen LogP contribution is -2.34.